The lowest BCUT2D eigenvalue weighted by Gasteiger charge is -2.43. The number of rotatable bonds is 3. The molecule has 0 radical (unpaired) electrons. The van der Waals surface area contributed by atoms with E-state index in [1.54, 1.807) is 20.8 Å². The number of thioether (sulfide) groups is 1. The van der Waals surface area contributed by atoms with Crippen molar-refractivity contribution < 1.29 is 18.7 Å². The molecule has 40 heavy (non-hydrogen) atoms. The molecule has 1 fully saturated rings. The van der Waals surface area contributed by atoms with E-state index in [0.717, 1.165) is 55.8 Å². The van der Waals surface area contributed by atoms with E-state index in [1.807, 2.05) is 6.26 Å². The number of nitrogens with zero attached hydrogens (tertiary/aromatic N) is 4. The van der Waals surface area contributed by atoms with Gasteiger partial charge in [-0.05, 0) is 77.2 Å². The van der Waals surface area contributed by atoms with Crippen LogP contribution < -0.4 is 10.2 Å². The van der Waals surface area contributed by atoms with Crippen LogP contribution in [0.2, 0.25) is 5.02 Å². The van der Waals surface area contributed by atoms with Gasteiger partial charge in [-0.3, -0.25) is 5.32 Å². The monoisotopic (exact) mass is 587 g/mol. The number of carbonyl (C=O) groups is 1. The van der Waals surface area contributed by atoms with E-state index >= 15 is 4.39 Å². The zero-order valence-corrected chi connectivity index (χ0v) is 25.0. The third-order valence-corrected chi connectivity index (χ3v) is 8.69. The topological polar surface area (TPSA) is 100 Å². The summed E-state index contributed by atoms with van der Waals surface area (Å²) in [6.07, 6.45) is 6.16. The van der Waals surface area contributed by atoms with Crippen LogP contribution >= 0.6 is 23.4 Å². The van der Waals surface area contributed by atoms with Crippen LogP contribution in [0, 0.1) is 23.1 Å². The lowest BCUT2D eigenvalue weighted by atomic mass is 9.74. The van der Waals surface area contributed by atoms with Gasteiger partial charge in [-0.1, -0.05) is 23.4 Å². The van der Waals surface area contributed by atoms with Crippen molar-refractivity contribution in [3.8, 4) is 6.07 Å². The van der Waals surface area contributed by atoms with Gasteiger partial charge in [0, 0.05) is 41.6 Å². The predicted octanol–water partition coefficient (Wildman–Crippen LogP) is 6.77. The van der Waals surface area contributed by atoms with Gasteiger partial charge in [0.1, 0.15) is 17.0 Å². The Morgan fingerprint density at radius 2 is 2.10 bits per heavy atom. The van der Waals surface area contributed by atoms with E-state index in [1.165, 1.54) is 17.8 Å². The molecule has 214 valence electrons. The highest BCUT2D eigenvalue weighted by Crippen LogP contribution is 2.49. The Hall–Kier alpha value is -2.61. The van der Waals surface area contributed by atoms with Gasteiger partial charge >= 0.3 is 6.09 Å². The van der Waals surface area contributed by atoms with Crippen molar-refractivity contribution in [2.24, 2.45) is 5.92 Å². The highest BCUT2D eigenvalue weighted by molar-refractivity contribution is 7.98. The van der Waals surface area contributed by atoms with E-state index in [4.69, 9.17) is 31.0 Å². The molecule has 0 saturated carbocycles. The predicted molar refractivity (Wildman–Crippen MR) is 153 cm³/mol. The van der Waals surface area contributed by atoms with Gasteiger partial charge < -0.3 is 14.4 Å². The van der Waals surface area contributed by atoms with Crippen molar-refractivity contribution in [1.29, 1.82) is 5.26 Å². The summed E-state index contributed by atoms with van der Waals surface area (Å²) in [5, 5.41) is 13.0. The van der Waals surface area contributed by atoms with Crippen molar-refractivity contribution in [1.82, 2.24) is 9.97 Å². The zero-order valence-electron chi connectivity index (χ0n) is 23.4. The fraction of sp³-hybridized carbons (Fsp3) is 0.586. The molecule has 0 bridgehead atoms. The van der Waals surface area contributed by atoms with Crippen LogP contribution in [0.25, 0.3) is 0 Å². The maximum Gasteiger partial charge on any atom is 0.412 e. The number of ether oxygens (including phenoxy) is 2. The van der Waals surface area contributed by atoms with Crippen LogP contribution in [0.4, 0.5) is 20.7 Å². The second-order valence-corrected chi connectivity index (χ2v) is 12.9. The van der Waals surface area contributed by atoms with Crippen LogP contribution in [0.15, 0.2) is 11.2 Å². The summed E-state index contributed by atoms with van der Waals surface area (Å²) in [6.45, 7) is 7.03. The second kappa shape index (κ2) is 11.3. The Balaban J connectivity index is 1.53. The summed E-state index contributed by atoms with van der Waals surface area (Å²) in [5.41, 5.74) is 1.13. The first-order valence-electron chi connectivity index (χ1n) is 13.8. The van der Waals surface area contributed by atoms with Gasteiger partial charge in [0.2, 0.25) is 0 Å². The molecule has 8 nitrogen and oxygen atoms in total. The summed E-state index contributed by atoms with van der Waals surface area (Å²) in [7, 11) is 0. The molecule has 1 aromatic carbocycles. The van der Waals surface area contributed by atoms with E-state index in [0.29, 0.717) is 40.6 Å². The quantitative estimate of drug-likeness (QED) is 0.310. The van der Waals surface area contributed by atoms with Gasteiger partial charge in [-0.2, -0.15) is 5.26 Å². The minimum atomic E-state index is -0.966. The fourth-order valence-electron chi connectivity index (χ4n) is 6.00. The summed E-state index contributed by atoms with van der Waals surface area (Å²) in [5.74, 6) is 0.345. The zero-order chi connectivity index (χ0) is 28.7. The number of benzene rings is 1. The Morgan fingerprint density at radius 3 is 2.83 bits per heavy atom. The maximum absolute atomic E-state index is 16.3. The second-order valence-electron chi connectivity index (χ2n) is 11.7. The molecular formula is C29H35ClFN5O3S. The molecule has 3 heterocycles. The molecular weight excluding hydrogens is 553 g/mol. The Labute approximate surface area is 244 Å². The number of aromatic nitrogens is 2. The molecule has 1 N–H and O–H groups in total. The number of halogens is 2. The van der Waals surface area contributed by atoms with Crippen molar-refractivity contribution >= 4 is 41.0 Å². The molecule has 1 saturated heterocycles. The van der Waals surface area contributed by atoms with Gasteiger partial charge in [-0.25, -0.2) is 19.2 Å². The Bertz CT molecular complexity index is 1360. The molecule has 2 aromatic rings. The SMILES string of the molecule is CSc1nc2c(c(N3CCC[C@@H](C#N)CC3)n1)COC1(CCCc3c(Cl)cc(NC(=O)OC(C)(C)C)c(F)c31)C2. The lowest BCUT2D eigenvalue weighted by Crippen LogP contribution is -2.42. The number of amides is 1. The van der Waals surface area contributed by atoms with E-state index < -0.39 is 23.1 Å². The average molecular weight is 588 g/mol. The molecule has 3 aliphatic rings. The van der Waals surface area contributed by atoms with Crippen molar-refractivity contribution in [3.05, 3.63) is 39.3 Å². The van der Waals surface area contributed by atoms with Crippen LogP contribution in [-0.2, 0) is 34.5 Å². The lowest BCUT2D eigenvalue weighted by molar-refractivity contribution is -0.0876. The largest absolute Gasteiger partial charge is 0.444 e. The van der Waals surface area contributed by atoms with Gasteiger partial charge in [0.15, 0.2) is 11.0 Å². The summed E-state index contributed by atoms with van der Waals surface area (Å²) < 4.78 is 28.2. The molecule has 2 aliphatic heterocycles. The number of hydrogen-bond donors (Lipinski definition) is 1. The highest BCUT2D eigenvalue weighted by Gasteiger charge is 2.46. The van der Waals surface area contributed by atoms with Crippen LogP contribution in [0.5, 0.6) is 0 Å². The smallest absolute Gasteiger partial charge is 0.412 e. The molecule has 1 unspecified atom stereocenters. The third-order valence-electron chi connectivity index (χ3n) is 7.80. The molecule has 5 rings (SSSR count). The standard InChI is InChI=1S/C29H35ClFN5O3S/c1-28(2,3)39-27(37)34-21-13-20(30)18-8-5-10-29(23(18)24(21)31)14-22-19(16-38-29)25(35-26(33-22)40-4)36-11-6-7-17(15-32)9-12-36/h13,17H,5-12,14,16H2,1-4H3,(H,34,37)/t17-,29?/m1/s1. The Kier molecular flexibility index (Phi) is 8.20. The molecule has 2 atom stereocenters. The number of carbonyl (C=O) groups excluding carboxylic acids is 1. The number of fused-ring (bicyclic) bond motifs is 3. The van der Waals surface area contributed by atoms with Gasteiger partial charge in [0.25, 0.3) is 0 Å². The normalized spacial score (nSPS) is 22.6. The van der Waals surface area contributed by atoms with E-state index in [2.05, 4.69) is 16.3 Å². The molecule has 1 aromatic heterocycles. The minimum absolute atomic E-state index is 0.0292. The number of anilines is 2. The fourth-order valence-corrected chi connectivity index (χ4v) is 6.67. The molecule has 1 aliphatic carbocycles. The Morgan fingerprint density at radius 1 is 1.30 bits per heavy atom. The summed E-state index contributed by atoms with van der Waals surface area (Å²) in [4.78, 5) is 24.5. The number of nitrogens with one attached hydrogen (secondary N) is 1. The van der Waals surface area contributed by atoms with E-state index in [-0.39, 0.29) is 18.2 Å². The van der Waals surface area contributed by atoms with E-state index in [9.17, 15) is 10.1 Å². The van der Waals surface area contributed by atoms with Crippen LogP contribution in [0.3, 0.4) is 0 Å². The highest BCUT2D eigenvalue weighted by atomic mass is 35.5. The first kappa shape index (κ1) is 28.9. The first-order chi connectivity index (χ1) is 19.0. The first-order valence-corrected chi connectivity index (χ1v) is 15.4. The van der Waals surface area contributed by atoms with Gasteiger partial charge in [0.05, 0.1) is 24.1 Å². The summed E-state index contributed by atoms with van der Waals surface area (Å²) >= 11 is 8.15. The van der Waals surface area contributed by atoms with Crippen molar-refractivity contribution in [3.63, 3.8) is 0 Å². The molecule has 1 spiro atoms. The van der Waals surface area contributed by atoms with Gasteiger partial charge in [-0.15, -0.1) is 0 Å². The van der Waals surface area contributed by atoms with Crippen molar-refractivity contribution in [2.75, 3.05) is 29.6 Å². The summed E-state index contributed by atoms with van der Waals surface area (Å²) in [6, 6.07) is 3.87. The average Bonchev–Trinajstić information content (AvgIpc) is 3.15. The minimum Gasteiger partial charge on any atom is -0.444 e. The number of nitriles is 1. The number of hydrogen-bond acceptors (Lipinski definition) is 8. The maximum atomic E-state index is 16.3. The third kappa shape index (κ3) is 5.74. The molecule has 11 heteroatoms. The van der Waals surface area contributed by atoms with Crippen LogP contribution in [-0.4, -0.2) is 41.0 Å². The van der Waals surface area contributed by atoms with Crippen LogP contribution in [0.1, 0.15) is 75.3 Å². The molecule has 1 amide bonds. The van der Waals surface area contributed by atoms with Crippen molar-refractivity contribution in [2.45, 2.75) is 88.7 Å².